The Kier molecular flexibility index (Phi) is 4.93. The van der Waals surface area contributed by atoms with Crippen molar-refractivity contribution < 1.29 is 14.3 Å². The van der Waals surface area contributed by atoms with Gasteiger partial charge in [0.05, 0.1) is 17.7 Å². The molecule has 0 fully saturated rings. The molecule has 5 heteroatoms. The Morgan fingerprint density at radius 3 is 2.42 bits per heavy atom. The minimum absolute atomic E-state index is 0.479. The number of hydrogen-bond acceptors (Lipinski definition) is 4. The number of pyridine rings is 1. The summed E-state index contributed by atoms with van der Waals surface area (Å²) in [4.78, 5) is 16.2. The summed E-state index contributed by atoms with van der Waals surface area (Å²) in [6, 6.07) is 0. The lowest BCUT2D eigenvalue weighted by Gasteiger charge is -2.27. The quantitative estimate of drug-likeness (QED) is 0.799. The second kappa shape index (κ2) is 5.88. The molecule has 1 heterocycles. The molecule has 0 saturated heterocycles. The van der Waals surface area contributed by atoms with Gasteiger partial charge in [-0.1, -0.05) is 11.6 Å². The van der Waals surface area contributed by atoms with E-state index in [4.69, 9.17) is 21.1 Å². The van der Waals surface area contributed by atoms with Gasteiger partial charge in [0.1, 0.15) is 0 Å². The van der Waals surface area contributed by atoms with Crippen LogP contribution in [0.2, 0.25) is 5.02 Å². The predicted octanol–water partition coefficient (Wildman–Crippen LogP) is 3.38. The van der Waals surface area contributed by atoms with Gasteiger partial charge in [-0.2, -0.15) is 0 Å². The van der Waals surface area contributed by atoms with Gasteiger partial charge in [-0.25, -0.2) is 4.79 Å². The maximum absolute atomic E-state index is 12.0. The van der Waals surface area contributed by atoms with Crippen molar-refractivity contribution in [1.29, 1.82) is 0 Å². The first kappa shape index (κ1) is 15.9. The molecular formula is C14H20ClNO3. The first-order valence-corrected chi connectivity index (χ1v) is 6.42. The van der Waals surface area contributed by atoms with Crippen LogP contribution in [0.15, 0.2) is 6.20 Å². The zero-order valence-electron chi connectivity index (χ0n) is 12.2. The van der Waals surface area contributed by atoms with Crippen molar-refractivity contribution in [2.45, 2.75) is 46.3 Å². The van der Waals surface area contributed by atoms with Crippen LogP contribution in [-0.4, -0.2) is 23.7 Å². The number of nitrogens with zero attached hydrogens (tertiary/aromatic N) is 1. The molecular weight excluding hydrogens is 266 g/mol. The molecule has 4 nitrogen and oxygen atoms in total. The molecule has 0 aliphatic heterocycles. The molecule has 0 unspecified atom stereocenters. The second-order valence-electron chi connectivity index (χ2n) is 5.39. The van der Waals surface area contributed by atoms with Gasteiger partial charge in [-0.3, -0.25) is 4.98 Å². The van der Waals surface area contributed by atoms with Crippen molar-refractivity contribution in [2.24, 2.45) is 0 Å². The smallest absolute Gasteiger partial charge is 0.339 e. The summed E-state index contributed by atoms with van der Waals surface area (Å²) in [5.41, 5.74) is 1.53. The van der Waals surface area contributed by atoms with Gasteiger partial charge >= 0.3 is 5.97 Å². The van der Waals surface area contributed by atoms with Crippen LogP contribution in [-0.2, 0) is 14.3 Å². The van der Waals surface area contributed by atoms with Crippen LogP contribution in [0.1, 0.15) is 43.7 Å². The van der Waals surface area contributed by atoms with Crippen molar-refractivity contribution in [2.75, 3.05) is 7.11 Å². The molecule has 0 radical (unpaired) electrons. The minimum atomic E-state index is -0.870. The molecule has 0 bridgehead atoms. The fourth-order valence-electron chi connectivity index (χ4n) is 1.68. The summed E-state index contributed by atoms with van der Waals surface area (Å²) in [7, 11) is 1.33. The van der Waals surface area contributed by atoms with Crippen LogP contribution in [0.4, 0.5) is 0 Å². The second-order valence-corrected chi connectivity index (χ2v) is 5.77. The van der Waals surface area contributed by atoms with E-state index in [9.17, 15) is 4.79 Å². The fourth-order valence-corrected chi connectivity index (χ4v) is 1.97. The van der Waals surface area contributed by atoms with Crippen LogP contribution in [0.5, 0.6) is 0 Å². The summed E-state index contributed by atoms with van der Waals surface area (Å²) in [6.45, 7) is 9.24. The lowest BCUT2D eigenvalue weighted by Crippen LogP contribution is -2.29. The van der Waals surface area contributed by atoms with Crippen LogP contribution in [0, 0.1) is 13.8 Å². The Morgan fingerprint density at radius 1 is 1.37 bits per heavy atom. The van der Waals surface area contributed by atoms with Crippen molar-refractivity contribution in [3.05, 3.63) is 28.0 Å². The summed E-state index contributed by atoms with van der Waals surface area (Å²) in [6.07, 6.45) is 0.803. The van der Waals surface area contributed by atoms with E-state index in [1.54, 1.807) is 13.1 Å². The van der Waals surface area contributed by atoms with Crippen molar-refractivity contribution >= 4 is 17.6 Å². The van der Waals surface area contributed by atoms with E-state index >= 15 is 0 Å². The Morgan fingerprint density at radius 2 is 1.95 bits per heavy atom. The predicted molar refractivity (Wildman–Crippen MR) is 74.3 cm³/mol. The van der Waals surface area contributed by atoms with E-state index in [0.717, 1.165) is 5.56 Å². The van der Waals surface area contributed by atoms with Crippen LogP contribution < -0.4 is 0 Å². The van der Waals surface area contributed by atoms with Gasteiger partial charge in [0.2, 0.25) is 0 Å². The van der Waals surface area contributed by atoms with Gasteiger partial charge in [0, 0.05) is 17.5 Å². The lowest BCUT2D eigenvalue weighted by atomic mass is 10.0. The number of hydrogen-bond donors (Lipinski definition) is 0. The minimum Gasteiger partial charge on any atom is -0.467 e. The number of ether oxygens (including phenoxy) is 2. The van der Waals surface area contributed by atoms with Crippen LogP contribution >= 0.6 is 11.6 Å². The molecule has 19 heavy (non-hydrogen) atoms. The molecule has 0 N–H and O–H groups in total. The first-order chi connectivity index (χ1) is 8.67. The zero-order chi connectivity index (χ0) is 14.8. The number of methoxy groups -OCH3 is 1. The van der Waals surface area contributed by atoms with E-state index in [0.29, 0.717) is 16.3 Å². The molecule has 1 atom stereocenters. The maximum Gasteiger partial charge on any atom is 0.339 e. The maximum atomic E-state index is 12.0. The number of aryl methyl sites for hydroxylation is 2. The average Bonchev–Trinajstić information content (AvgIpc) is 2.30. The highest BCUT2D eigenvalue weighted by Gasteiger charge is 2.31. The highest BCUT2D eigenvalue weighted by atomic mass is 35.5. The highest BCUT2D eigenvalue weighted by Crippen LogP contribution is 2.33. The molecule has 1 aromatic heterocycles. The third-order valence-corrected chi connectivity index (χ3v) is 3.07. The van der Waals surface area contributed by atoms with E-state index in [1.165, 1.54) is 7.11 Å². The molecule has 1 rings (SSSR count). The Bertz CT molecular complexity index is 480. The third kappa shape index (κ3) is 3.91. The molecule has 0 amide bonds. The summed E-state index contributed by atoms with van der Waals surface area (Å²) in [5.74, 6) is -0.479. The van der Waals surface area contributed by atoms with Crippen molar-refractivity contribution in [1.82, 2.24) is 4.98 Å². The highest BCUT2D eigenvalue weighted by molar-refractivity contribution is 6.32. The Labute approximate surface area is 119 Å². The molecule has 0 aromatic carbocycles. The summed E-state index contributed by atoms with van der Waals surface area (Å²) in [5, 5.41) is 0.493. The summed E-state index contributed by atoms with van der Waals surface area (Å²) >= 11 is 6.30. The van der Waals surface area contributed by atoms with Gasteiger partial charge in [-0.05, 0) is 40.2 Å². The monoisotopic (exact) mass is 285 g/mol. The van der Waals surface area contributed by atoms with E-state index in [1.807, 2.05) is 27.7 Å². The Balaban J connectivity index is 3.33. The molecule has 1 aromatic rings. The van der Waals surface area contributed by atoms with E-state index < -0.39 is 17.7 Å². The fraction of sp³-hybridized carbons (Fsp3) is 0.571. The standard InChI is InChI=1S/C14H20ClNO3/c1-8-7-16-9(2)10(11(8)15)12(13(17)18-6)19-14(3,4)5/h7,12H,1-6H3/t12-/m0/s1. The van der Waals surface area contributed by atoms with Gasteiger partial charge in [0.15, 0.2) is 6.10 Å². The molecule has 0 spiro atoms. The number of halogens is 1. The average molecular weight is 286 g/mol. The number of carbonyl (C=O) groups excluding carboxylic acids is 1. The van der Waals surface area contributed by atoms with Crippen molar-refractivity contribution in [3.63, 3.8) is 0 Å². The SMILES string of the molecule is COC(=O)[C@@H](OC(C)(C)C)c1c(C)ncc(C)c1Cl. The topological polar surface area (TPSA) is 48.4 Å². The van der Waals surface area contributed by atoms with Crippen LogP contribution in [0.3, 0.4) is 0 Å². The zero-order valence-corrected chi connectivity index (χ0v) is 13.0. The normalized spacial score (nSPS) is 13.2. The van der Waals surface area contributed by atoms with Gasteiger partial charge in [-0.15, -0.1) is 0 Å². The molecule has 0 aliphatic carbocycles. The molecule has 0 aliphatic rings. The van der Waals surface area contributed by atoms with E-state index in [-0.39, 0.29) is 0 Å². The third-order valence-electron chi connectivity index (χ3n) is 2.57. The largest absolute Gasteiger partial charge is 0.467 e. The lowest BCUT2D eigenvalue weighted by molar-refractivity contribution is -0.164. The molecule has 106 valence electrons. The Hall–Kier alpha value is -1.13. The first-order valence-electron chi connectivity index (χ1n) is 6.04. The van der Waals surface area contributed by atoms with Gasteiger partial charge < -0.3 is 9.47 Å². The number of aromatic nitrogens is 1. The van der Waals surface area contributed by atoms with E-state index in [2.05, 4.69) is 4.98 Å². The van der Waals surface area contributed by atoms with Crippen LogP contribution in [0.25, 0.3) is 0 Å². The molecule has 0 saturated carbocycles. The number of esters is 1. The van der Waals surface area contributed by atoms with Gasteiger partial charge in [0.25, 0.3) is 0 Å². The summed E-state index contributed by atoms with van der Waals surface area (Å²) < 4.78 is 10.6. The number of rotatable bonds is 3. The van der Waals surface area contributed by atoms with Crippen molar-refractivity contribution in [3.8, 4) is 0 Å². The number of carbonyl (C=O) groups is 1.